The molecule has 19 heavy (non-hydrogen) atoms. The molecule has 0 aromatic carbocycles. The average molecular weight is 268 g/mol. The van der Waals surface area contributed by atoms with Crippen molar-refractivity contribution in [3.63, 3.8) is 0 Å². The lowest BCUT2D eigenvalue weighted by atomic mass is 10.1. The molecule has 1 N–H and O–H groups in total. The Morgan fingerprint density at radius 2 is 2.00 bits per heavy atom. The monoisotopic (exact) mass is 268 g/mol. The summed E-state index contributed by atoms with van der Waals surface area (Å²) in [6.45, 7) is 7.28. The Morgan fingerprint density at radius 1 is 1.37 bits per heavy atom. The van der Waals surface area contributed by atoms with E-state index in [1.165, 1.54) is 4.68 Å². The van der Waals surface area contributed by atoms with Crippen LogP contribution in [0.5, 0.6) is 0 Å². The first kappa shape index (κ1) is 15.2. The van der Waals surface area contributed by atoms with Crippen molar-refractivity contribution in [1.82, 2.24) is 9.78 Å². The summed E-state index contributed by atoms with van der Waals surface area (Å²) in [5, 5.41) is 13.3. The molecule has 0 aliphatic carbocycles. The molecule has 0 spiro atoms. The minimum Gasteiger partial charge on any atom is -0.478 e. The Bertz CT molecular complexity index is 479. The Hall–Kier alpha value is -1.85. The summed E-state index contributed by atoms with van der Waals surface area (Å²) < 4.78 is 6.50. The third-order valence-electron chi connectivity index (χ3n) is 2.95. The molecular formula is C13H20N2O4. The van der Waals surface area contributed by atoms with E-state index in [4.69, 9.17) is 9.84 Å². The molecule has 0 radical (unpaired) electrons. The Morgan fingerprint density at radius 3 is 2.42 bits per heavy atom. The van der Waals surface area contributed by atoms with E-state index < -0.39 is 12.0 Å². The van der Waals surface area contributed by atoms with E-state index in [1.54, 1.807) is 20.8 Å². The van der Waals surface area contributed by atoms with Crippen LogP contribution in [-0.4, -0.2) is 33.4 Å². The van der Waals surface area contributed by atoms with E-state index in [2.05, 4.69) is 5.10 Å². The molecule has 106 valence electrons. The fourth-order valence-electron chi connectivity index (χ4n) is 2.13. The number of aromatic carboxylic acids is 1. The first-order valence-electron chi connectivity index (χ1n) is 6.39. The number of hydrogen-bond acceptors (Lipinski definition) is 4. The minimum atomic E-state index is -1.03. The van der Waals surface area contributed by atoms with Crippen LogP contribution < -0.4 is 0 Å². The number of rotatable bonds is 6. The van der Waals surface area contributed by atoms with Crippen molar-refractivity contribution in [1.29, 1.82) is 0 Å². The third kappa shape index (κ3) is 3.13. The maximum absolute atomic E-state index is 11.9. The number of carbonyl (C=O) groups excluding carboxylic acids is 1. The lowest BCUT2D eigenvalue weighted by Crippen LogP contribution is -2.24. The van der Waals surface area contributed by atoms with Gasteiger partial charge in [0.25, 0.3) is 0 Å². The van der Waals surface area contributed by atoms with Gasteiger partial charge in [-0.3, -0.25) is 4.68 Å². The second kappa shape index (κ2) is 6.36. The largest absolute Gasteiger partial charge is 0.478 e. The van der Waals surface area contributed by atoms with Crippen molar-refractivity contribution in [2.45, 2.75) is 46.6 Å². The predicted octanol–water partition coefficient (Wildman–Crippen LogP) is 2.10. The van der Waals surface area contributed by atoms with Crippen molar-refractivity contribution < 1.29 is 19.4 Å². The highest BCUT2D eigenvalue weighted by molar-refractivity contribution is 5.90. The summed E-state index contributed by atoms with van der Waals surface area (Å²) in [5.41, 5.74) is 1.05. The maximum Gasteiger partial charge on any atom is 0.339 e. The minimum absolute atomic E-state index is 0.158. The summed E-state index contributed by atoms with van der Waals surface area (Å²) in [4.78, 5) is 23.1. The van der Waals surface area contributed by atoms with E-state index in [-0.39, 0.29) is 11.5 Å². The molecule has 0 saturated carbocycles. The van der Waals surface area contributed by atoms with Gasteiger partial charge in [0.05, 0.1) is 18.0 Å². The molecule has 1 unspecified atom stereocenters. The summed E-state index contributed by atoms with van der Waals surface area (Å²) in [6, 6.07) is -0.559. The maximum atomic E-state index is 11.9. The van der Waals surface area contributed by atoms with Gasteiger partial charge in [-0.15, -0.1) is 0 Å². The predicted molar refractivity (Wildman–Crippen MR) is 69.2 cm³/mol. The van der Waals surface area contributed by atoms with Crippen LogP contribution in [0.3, 0.4) is 0 Å². The zero-order valence-corrected chi connectivity index (χ0v) is 11.8. The highest BCUT2D eigenvalue weighted by Crippen LogP contribution is 2.22. The lowest BCUT2D eigenvalue weighted by molar-refractivity contribution is -0.147. The third-order valence-corrected chi connectivity index (χ3v) is 2.95. The van der Waals surface area contributed by atoms with Gasteiger partial charge in [-0.05, 0) is 27.2 Å². The highest BCUT2D eigenvalue weighted by atomic mass is 16.5. The van der Waals surface area contributed by atoms with E-state index in [1.807, 2.05) is 6.92 Å². The van der Waals surface area contributed by atoms with Gasteiger partial charge in [0, 0.05) is 0 Å². The number of carboxylic acids is 1. The topological polar surface area (TPSA) is 81.4 Å². The second-order valence-electron chi connectivity index (χ2n) is 4.35. The highest BCUT2D eigenvalue weighted by Gasteiger charge is 2.27. The molecule has 1 heterocycles. The Labute approximate surface area is 112 Å². The number of nitrogens with zero attached hydrogens (tertiary/aromatic N) is 2. The van der Waals surface area contributed by atoms with Crippen molar-refractivity contribution in [3.8, 4) is 0 Å². The first-order chi connectivity index (χ1) is 8.93. The van der Waals surface area contributed by atoms with E-state index in [9.17, 15) is 9.59 Å². The number of esters is 1. The van der Waals surface area contributed by atoms with Crippen molar-refractivity contribution >= 4 is 11.9 Å². The summed E-state index contributed by atoms with van der Waals surface area (Å²) in [7, 11) is 0. The molecular weight excluding hydrogens is 248 g/mol. The van der Waals surface area contributed by atoms with Crippen molar-refractivity contribution in [2.24, 2.45) is 0 Å². The molecule has 0 bridgehead atoms. The van der Waals surface area contributed by atoms with E-state index in [0.717, 1.165) is 6.42 Å². The van der Waals surface area contributed by atoms with Crippen LogP contribution in [0.4, 0.5) is 0 Å². The molecule has 1 atom stereocenters. The normalized spacial score (nSPS) is 12.2. The zero-order chi connectivity index (χ0) is 14.6. The van der Waals surface area contributed by atoms with Gasteiger partial charge in [0.15, 0.2) is 0 Å². The fraction of sp³-hybridized carbons (Fsp3) is 0.615. The van der Waals surface area contributed by atoms with Crippen LogP contribution in [0, 0.1) is 13.8 Å². The van der Waals surface area contributed by atoms with Crippen LogP contribution in [0.15, 0.2) is 0 Å². The smallest absolute Gasteiger partial charge is 0.339 e. The lowest BCUT2D eigenvalue weighted by Gasteiger charge is -2.17. The number of aromatic nitrogens is 2. The molecule has 1 aromatic heterocycles. The molecule has 6 heteroatoms. The molecule has 1 aromatic rings. The summed E-state index contributed by atoms with van der Waals surface area (Å²) in [5.74, 6) is -1.40. The molecule has 0 aliphatic heterocycles. The molecule has 0 saturated heterocycles. The van der Waals surface area contributed by atoms with Gasteiger partial charge in [-0.25, -0.2) is 9.59 Å². The number of carbonyl (C=O) groups is 2. The summed E-state index contributed by atoms with van der Waals surface area (Å²) in [6.07, 6.45) is 1.35. The Balaban J connectivity index is 3.20. The van der Waals surface area contributed by atoms with E-state index >= 15 is 0 Å². The van der Waals surface area contributed by atoms with Crippen molar-refractivity contribution in [2.75, 3.05) is 6.61 Å². The molecule has 1 rings (SSSR count). The van der Waals surface area contributed by atoms with Gasteiger partial charge in [0.1, 0.15) is 11.6 Å². The van der Waals surface area contributed by atoms with Crippen LogP contribution in [0.1, 0.15) is 54.5 Å². The van der Waals surface area contributed by atoms with E-state index in [0.29, 0.717) is 24.4 Å². The summed E-state index contributed by atoms with van der Waals surface area (Å²) >= 11 is 0. The van der Waals surface area contributed by atoms with Gasteiger partial charge in [-0.2, -0.15) is 5.10 Å². The molecule has 0 aliphatic rings. The van der Waals surface area contributed by atoms with Gasteiger partial charge >= 0.3 is 11.9 Å². The molecule has 0 fully saturated rings. The standard InChI is InChI=1S/C13H20N2O4/c1-5-7-10(13(18)19-6-2)15-9(4)11(12(16)17)8(3)14-15/h10H,5-7H2,1-4H3,(H,16,17). The SMILES string of the molecule is CCCC(C(=O)OCC)n1nc(C)c(C(=O)O)c1C. The zero-order valence-electron chi connectivity index (χ0n) is 11.8. The fourth-order valence-corrected chi connectivity index (χ4v) is 2.13. The number of aryl methyl sites for hydroxylation is 1. The van der Waals surface area contributed by atoms with Gasteiger partial charge in [-0.1, -0.05) is 13.3 Å². The number of carboxylic acid groups (broad SMARTS) is 1. The second-order valence-corrected chi connectivity index (χ2v) is 4.35. The van der Waals surface area contributed by atoms with Gasteiger partial charge < -0.3 is 9.84 Å². The molecule has 0 amide bonds. The van der Waals surface area contributed by atoms with Crippen molar-refractivity contribution in [3.05, 3.63) is 17.0 Å². The Kier molecular flexibility index (Phi) is 5.09. The molecule has 6 nitrogen and oxygen atoms in total. The first-order valence-corrected chi connectivity index (χ1v) is 6.39. The average Bonchev–Trinajstić information content (AvgIpc) is 2.61. The van der Waals surface area contributed by atoms with Crippen LogP contribution in [-0.2, 0) is 9.53 Å². The number of ether oxygens (including phenoxy) is 1. The quantitative estimate of drug-likeness (QED) is 0.799. The van der Waals surface area contributed by atoms with Gasteiger partial charge in [0.2, 0.25) is 0 Å². The van der Waals surface area contributed by atoms with Crippen LogP contribution in [0.2, 0.25) is 0 Å². The van der Waals surface area contributed by atoms with Crippen LogP contribution >= 0.6 is 0 Å². The number of hydrogen-bond donors (Lipinski definition) is 1. The van der Waals surface area contributed by atoms with Crippen LogP contribution in [0.25, 0.3) is 0 Å².